The zero-order valence-electron chi connectivity index (χ0n) is 15.2. The van der Waals surface area contributed by atoms with Crippen LogP contribution in [0.5, 0.6) is 0 Å². The monoisotopic (exact) mass is 374 g/mol. The number of carbonyl (C=O) groups is 2. The van der Waals surface area contributed by atoms with Gasteiger partial charge in [0.05, 0.1) is 11.4 Å². The molecule has 26 heavy (non-hydrogen) atoms. The second kappa shape index (κ2) is 7.70. The molecule has 0 spiro atoms. The van der Waals surface area contributed by atoms with Crippen LogP contribution >= 0.6 is 0 Å². The first-order valence-corrected chi connectivity index (χ1v) is 9.93. The predicted octanol–water partition coefficient (Wildman–Crippen LogP) is 2.38. The Morgan fingerprint density at radius 3 is 2.00 bits per heavy atom. The molecule has 2 N–H and O–H groups in total. The number of carbonyl (C=O) groups excluding carboxylic acids is 2. The summed E-state index contributed by atoms with van der Waals surface area (Å²) >= 11 is 0. The number of hydrogen-bond acceptors (Lipinski definition) is 4. The second-order valence-electron chi connectivity index (χ2n) is 6.30. The van der Waals surface area contributed by atoms with Crippen molar-refractivity contribution in [2.75, 3.05) is 18.1 Å². The normalized spacial score (nSPS) is 11.1. The van der Waals surface area contributed by atoms with E-state index < -0.39 is 15.7 Å². The highest BCUT2D eigenvalue weighted by molar-refractivity contribution is 7.90. The number of benzene rings is 2. The van der Waals surface area contributed by atoms with E-state index in [0.29, 0.717) is 0 Å². The largest absolute Gasteiger partial charge is 0.343 e. The molecule has 0 atom stereocenters. The summed E-state index contributed by atoms with van der Waals surface area (Å²) in [5.41, 5.74) is 4.06. The van der Waals surface area contributed by atoms with Crippen molar-refractivity contribution in [3.63, 3.8) is 0 Å². The summed E-state index contributed by atoms with van der Waals surface area (Å²) in [5, 5.41) is 5.34. The minimum atomic E-state index is -3.31. The number of amides is 2. The lowest BCUT2D eigenvalue weighted by molar-refractivity contribution is -0.115. The van der Waals surface area contributed by atoms with Gasteiger partial charge >= 0.3 is 0 Å². The summed E-state index contributed by atoms with van der Waals surface area (Å²) in [6.45, 7) is 5.63. The van der Waals surface area contributed by atoms with Gasteiger partial charge in [-0.15, -0.1) is 0 Å². The zero-order chi connectivity index (χ0) is 19.5. The SMILES string of the molecule is Cc1cc(C)c(NC(=O)CNC(=O)c2ccc(S(C)(=O)=O)cc2)c(C)c1. The van der Waals surface area contributed by atoms with E-state index in [9.17, 15) is 18.0 Å². The molecule has 2 aromatic rings. The number of anilines is 1. The highest BCUT2D eigenvalue weighted by Crippen LogP contribution is 2.21. The average Bonchev–Trinajstić information content (AvgIpc) is 2.55. The van der Waals surface area contributed by atoms with Crippen LogP contribution in [-0.2, 0) is 14.6 Å². The van der Waals surface area contributed by atoms with Gasteiger partial charge < -0.3 is 10.6 Å². The fourth-order valence-corrected chi connectivity index (χ4v) is 3.31. The van der Waals surface area contributed by atoms with Gasteiger partial charge in [0.15, 0.2) is 9.84 Å². The first kappa shape index (κ1) is 19.7. The minimum absolute atomic E-state index is 0.136. The molecule has 0 aliphatic carbocycles. The van der Waals surface area contributed by atoms with Crippen molar-refractivity contribution in [3.8, 4) is 0 Å². The van der Waals surface area contributed by atoms with E-state index in [0.717, 1.165) is 28.6 Å². The van der Waals surface area contributed by atoms with E-state index in [1.807, 2.05) is 32.9 Å². The maximum Gasteiger partial charge on any atom is 0.251 e. The topological polar surface area (TPSA) is 92.3 Å². The summed E-state index contributed by atoms with van der Waals surface area (Å²) in [7, 11) is -3.31. The molecule has 0 saturated carbocycles. The molecule has 7 heteroatoms. The Kier molecular flexibility index (Phi) is 5.82. The molecule has 0 aromatic heterocycles. The van der Waals surface area contributed by atoms with E-state index in [1.54, 1.807) is 0 Å². The number of rotatable bonds is 5. The van der Waals surface area contributed by atoms with Crippen molar-refractivity contribution in [3.05, 3.63) is 58.7 Å². The van der Waals surface area contributed by atoms with Crippen LogP contribution in [0, 0.1) is 20.8 Å². The summed E-state index contributed by atoms with van der Waals surface area (Å²) in [5.74, 6) is -0.779. The van der Waals surface area contributed by atoms with E-state index in [2.05, 4.69) is 10.6 Å². The van der Waals surface area contributed by atoms with Gasteiger partial charge in [0, 0.05) is 17.5 Å². The number of hydrogen-bond donors (Lipinski definition) is 2. The van der Waals surface area contributed by atoms with Crippen LogP contribution in [0.25, 0.3) is 0 Å². The molecule has 0 radical (unpaired) electrons. The van der Waals surface area contributed by atoms with Crippen molar-refractivity contribution < 1.29 is 18.0 Å². The fraction of sp³-hybridized carbons (Fsp3) is 0.263. The quantitative estimate of drug-likeness (QED) is 0.840. The molecule has 2 aromatic carbocycles. The Bertz CT molecular complexity index is 925. The molecule has 0 aliphatic heterocycles. The van der Waals surface area contributed by atoms with Crippen molar-refractivity contribution >= 4 is 27.3 Å². The maximum atomic E-state index is 12.1. The standard InChI is InChI=1S/C19H22N2O4S/c1-12-9-13(2)18(14(3)10-12)21-17(22)11-20-19(23)15-5-7-16(8-6-15)26(4,24)25/h5-10H,11H2,1-4H3,(H,20,23)(H,21,22). The lowest BCUT2D eigenvalue weighted by Gasteiger charge is -2.13. The molecule has 0 saturated heterocycles. The molecule has 2 rings (SSSR count). The van der Waals surface area contributed by atoms with Crippen LogP contribution in [0.2, 0.25) is 0 Å². The Balaban J connectivity index is 1.98. The zero-order valence-corrected chi connectivity index (χ0v) is 16.0. The highest BCUT2D eigenvalue weighted by Gasteiger charge is 2.12. The molecule has 6 nitrogen and oxygen atoms in total. The maximum absolute atomic E-state index is 12.1. The van der Waals surface area contributed by atoms with Gasteiger partial charge in [0.25, 0.3) is 5.91 Å². The summed E-state index contributed by atoms with van der Waals surface area (Å²) in [6.07, 6.45) is 1.10. The molecule has 138 valence electrons. The molecule has 0 heterocycles. The fourth-order valence-electron chi connectivity index (χ4n) is 2.68. The molecular weight excluding hydrogens is 352 g/mol. The third-order valence-electron chi connectivity index (χ3n) is 3.90. The van der Waals surface area contributed by atoms with Crippen molar-refractivity contribution in [1.82, 2.24) is 5.32 Å². The minimum Gasteiger partial charge on any atom is -0.343 e. The van der Waals surface area contributed by atoms with Crippen molar-refractivity contribution in [2.45, 2.75) is 25.7 Å². The van der Waals surface area contributed by atoms with E-state index in [4.69, 9.17) is 0 Å². The summed E-state index contributed by atoms with van der Waals surface area (Å²) < 4.78 is 22.9. The predicted molar refractivity (Wildman–Crippen MR) is 101 cm³/mol. The lowest BCUT2D eigenvalue weighted by atomic mass is 10.1. The van der Waals surface area contributed by atoms with Crippen LogP contribution in [0.1, 0.15) is 27.0 Å². The van der Waals surface area contributed by atoms with Gasteiger partial charge in [0.2, 0.25) is 5.91 Å². The first-order chi connectivity index (χ1) is 12.1. The number of nitrogens with one attached hydrogen (secondary N) is 2. The Morgan fingerprint density at radius 2 is 1.50 bits per heavy atom. The summed E-state index contributed by atoms with van der Waals surface area (Å²) in [6, 6.07) is 9.51. The van der Waals surface area contributed by atoms with Crippen LogP contribution < -0.4 is 10.6 Å². The third kappa shape index (κ3) is 4.92. The van der Waals surface area contributed by atoms with Crippen LogP contribution in [0.4, 0.5) is 5.69 Å². The highest BCUT2D eigenvalue weighted by atomic mass is 32.2. The first-order valence-electron chi connectivity index (χ1n) is 8.04. The lowest BCUT2D eigenvalue weighted by Crippen LogP contribution is -2.33. The van der Waals surface area contributed by atoms with Crippen LogP contribution in [0.15, 0.2) is 41.3 Å². The van der Waals surface area contributed by atoms with Gasteiger partial charge in [0.1, 0.15) is 0 Å². The number of sulfone groups is 1. The van der Waals surface area contributed by atoms with Crippen molar-refractivity contribution in [2.24, 2.45) is 0 Å². The van der Waals surface area contributed by atoms with Crippen molar-refractivity contribution in [1.29, 1.82) is 0 Å². The van der Waals surface area contributed by atoms with E-state index in [1.165, 1.54) is 24.3 Å². The molecule has 0 unspecified atom stereocenters. The van der Waals surface area contributed by atoms with Gasteiger partial charge in [-0.05, 0) is 56.2 Å². The molecule has 0 bridgehead atoms. The smallest absolute Gasteiger partial charge is 0.251 e. The van der Waals surface area contributed by atoms with Crippen LogP contribution in [-0.4, -0.2) is 33.0 Å². The Morgan fingerprint density at radius 1 is 0.962 bits per heavy atom. The second-order valence-corrected chi connectivity index (χ2v) is 8.32. The van der Waals surface area contributed by atoms with Gasteiger partial charge in [-0.25, -0.2) is 8.42 Å². The van der Waals surface area contributed by atoms with Crippen LogP contribution in [0.3, 0.4) is 0 Å². The molecule has 0 aliphatic rings. The molecule has 0 fully saturated rings. The van der Waals surface area contributed by atoms with Gasteiger partial charge in [-0.1, -0.05) is 17.7 Å². The average molecular weight is 374 g/mol. The van der Waals surface area contributed by atoms with E-state index in [-0.39, 0.29) is 22.9 Å². The Hall–Kier alpha value is -2.67. The Labute approximate surface area is 153 Å². The van der Waals surface area contributed by atoms with Gasteiger partial charge in [-0.2, -0.15) is 0 Å². The number of aryl methyl sites for hydroxylation is 3. The molecular formula is C19H22N2O4S. The van der Waals surface area contributed by atoms with E-state index >= 15 is 0 Å². The third-order valence-corrected chi connectivity index (χ3v) is 5.02. The summed E-state index contributed by atoms with van der Waals surface area (Å²) in [4.78, 5) is 24.4. The molecule has 2 amide bonds. The van der Waals surface area contributed by atoms with Gasteiger partial charge in [-0.3, -0.25) is 9.59 Å².